The van der Waals surface area contributed by atoms with Gasteiger partial charge in [-0.3, -0.25) is 4.79 Å². The lowest BCUT2D eigenvalue weighted by molar-refractivity contribution is -0.128. The molecule has 2 aromatic carbocycles. The molecule has 1 N–H and O–H groups in total. The van der Waals surface area contributed by atoms with Crippen LogP contribution in [0.3, 0.4) is 0 Å². The lowest BCUT2D eigenvalue weighted by Crippen LogP contribution is -2.35. The van der Waals surface area contributed by atoms with Crippen LogP contribution in [0.4, 0.5) is 0 Å². The summed E-state index contributed by atoms with van der Waals surface area (Å²) in [5.41, 5.74) is 3.01. The number of rotatable bonds is 12. The first-order valence-electron chi connectivity index (χ1n) is 11.9. The van der Waals surface area contributed by atoms with E-state index in [1.54, 1.807) is 0 Å². The van der Waals surface area contributed by atoms with Crippen LogP contribution in [0, 0.1) is 5.41 Å². The van der Waals surface area contributed by atoms with Crippen molar-refractivity contribution >= 4 is 16.9 Å². The van der Waals surface area contributed by atoms with Gasteiger partial charge in [0.25, 0.3) is 0 Å². The van der Waals surface area contributed by atoms with Crippen LogP contribution in [0.2, 0.25) is 0 Å². The van der Waals surface area contributed by atoms with E-state index >= 15 is 0 Å². The average molecular weight is 448 g/mol. The fourth-order valence-corrected chi connectivity index (χ4v) is 3.80. The van der Waals surface area contributed by atoms with Gasteiger partial charge in [-0.25, -0.2) is 4.98 Å². The number of unbranched alkanes of at least 4 members (excludes halogenated alkanes) is 1. The highest BCUT2D eigenvalue weighted by atomic mass is 16.5. The minimum Gasteiger partial charge on any atom is -0.493 e. The summed E-state index contributed by atoms with van der Waals surface area (Å²) in [5.74, 6) is 2.12. The zero-order valence-corrected chi connectivity index (χ0v) is 20.3. The van der Waals surface area contributed by atoms with Gasteiger partial charge < -0.3 is 14.6 Å². The van der Waals surface area contributed by atoms with Crippen LogP contribution in [-0.2, 0) is 24.2 Å². The summed E-state index contributed by atoms with van der Waals surface area (Å²) < 4.78 is 8.37. The first kappa shape index (κ1) is 24.6. The fourth-order valence-electron chi connectivity index (χ4n) is 3.80. The van der Waals surface area contributed by atoms with Gasteiger partial charge in [0.05, 0.1) is 17.6 Å². The Balaban J connectivity index is 1.54. The van der Waals surface area contributed by atoms with Crippen molar-refractivity contribution in [2.75, 3.05) is 13.2 Å². The molecule has 5 nitrogen and oxygen atoms in total. The largest absolute Gasteiger partial charge is 0.493 e. The lowest BCUT2D eigenvalue weighted by atomic mass is 9.96. The first-order valence-corrected chi connectivity index (χ1v) is 11.9. The predicted octanol–water partition coefficient (Wildman–Crippen LogP) is 5.72. The highest BCUT2D eigenvalue weighted by Gasteiger charge is 2.20. The molecule has 0 aliphatic heterocycles. The summed E-state index contributed by atoms with van der Waals surface area (Å²) in [6.45, 7) is 11.9. The Bertz CT molecular complexity index is 1060. The van der Waals surface area contributed by atoms with E-state index in [-0.39, 0.29) is 11.3 Å². The van der Waals surface area contributed by atoms with Crippen LogP contribution in [0.5, 0.6) is 5.75 Å². The number of benzene rings is 2. The molecule has 3 aromatic rings. The van der Waals surface area contributed by atoms with Crippen molar-refractivity contribution in [3.63, 3.8) is 0 Å². The van der Waals surface area contributed by atoms with Crippen LogP contribution >= 0.6 is 0 Å². The van der Waals surface area contributed by atoms with Crippen LogP contribution in [0.1, 0.15) is 51.4 Å². The van der Waals surface area contributed by atoms with Crippen LogP contribution < -0.4 is 10.1 Å². The van der Waals surface area contributed by atoms with Crippen molar-refractivity contribution in [1.82, 2.24) is 14.9 Å². The summed E-state index contributed by atoms with van der Waals surface area (Å²) in [4.78, 5) is 17.0. The smallest absolute Gasteiger partial charge is 0.225 e. The topological polar surface area (TPSA) is 56.1 Å². The maximum atomic E-state index is 12.1. The predicted molar refractivity (Wildman–Crippen MR) is 136 cm³/mol. The molecule has 0 radical (unpaired) electrons. The Morgan fingerprint density at radius 2 is 1.85 bits per heavy atom. The second kappa shape index (κ2) is 11.7. The zero-order chi connectivity index (χ0) is 23.7. The molecule has 5 heteroatoms. The summed E-state index contributed by atoms with van der Waals surface area (Å²) in [5, 5.41) is 3.04. The number of carbonyl (C=O) groups is 1. The van der Waals surface area contributed by atoms with Gasteiger partial charge in [-0.15, -0.1) is 6.58 Å². The minimum atomic E-state index is -0.360. The maximum Gasteiger partial charge on any atom is 0.225 e. The lowest BCUT2D eigenvalue weighted by Gasteiger charge is -2.17. The van der Waals surface area contributed by atoms with Crippen molar-refractivity contribution in [2.24, 2.45) is 5.41 Å². The minimum absolute atomic E-state index is 0.0886. The number of allylic oxidation sites excluding steroid dienone is 1. The third kappa shape index (κ3) is 6.95. The number of nitrogens with zero attached hydrogens (tertiary/aromatic N) is 2. The first-order chi connectivity index (χ1) is 15.9. The molecule has 33 heavy (non-hydrogen) atoms. The standard InChI is InChI=1S/C28H37N3O2/c1-5-13-22-14-6-9-17-25(22)33-21-11-10-20-31-24-16-8-7-15-23(24)30-26(31)18-12-19-29-27(32)28(2,3)4/h5-9,14-17H,1,10-13,18-21H2,2-4H3,(H,29,32). The number of fused-ring (bicyclic) bond motifs is 1. The quantitative estimate of drug-likeness (QED) is 0.285. The molecule has 0 atom stereocenters. The van der Waals surface area contributed by atoms with Gasteiger partial charge in [-0.2, -0.15) is 0 Å². The zero-order valence-electron chi connectivity index (χ0n) is 20.3. The molecule has 0 saturated heterocycles. The molecule has 0 saturated carbocycles. The van der Waals surface area contributed by atoms with Gasteiger partial charge in [0.1, 0.15) is 11.6 Å². The molecular formula is C28H37N3O2. The Kier molecular flexibility index (Phi) is 8.70. The SMILES string of the molecule is C=CCc1ccccc1OCCCCn1c(CCCNC(=O)C(C)(C)C)nc2ccccc21. The van der Waals surface area contributed by atoms with E-state index in [9.17, 15) is 4.79 Å². The Morgan fingerprint density at radius 1 is 1.09 bits per heavy atom. The summed E-state index contributed by atoms with van der Waals surface area (Å²) in [7, 11) is 0. The van der Waals surface area contributed by atoms with Gasteiger partial charge >= 0.3 is 0 Å². The Hall–Kier alpha value is -3.08. The second-order valence-electron chi connectivity index (χ2n) is 9.43. The number of aromatic nitrogens is 2. The van der Waals surface area contributed by atoms with Crippen LogP contribution in [0.25, 0.3) is 11.0 Å². The van der Waals surface area contributed by atoms with E-state index in [0.29, 0.717) is 13.2 Å². The number of amides is 1. The molecule has 0 bridgehead atoms. The Labute approximate surface area is 197 Å². The molecule has 0 unspecified atom stereocenters. The van der Waals surface area contributed by atoms with Crippen molar-refractivity contribution in [1.29, 1.82) is 0 Å². The highest BCUT2D eigenvalue weighted by Crippen LogP contribution is 2.20. The van der Waals surface area contributed by atoms with Gasteiger partial charge in [-0.05, 0) is 49.4 Å². The molecule has 0 aliphatic rings. The maximum absolute atomic E-state index is 12.1. The second-order valence-corrected chi connectivity index (χ2v) is 9.43. The number of imidazole rings is 1. The molecule has 1 heterocycles. The van der Waals surface area contributed by atoms with E-state index in [0.717, 1.165) is 55.7 Å². The number of ether oxygens (including phenoxy) is 1. The summed E-state index contributed by atoms with van der Waals surface area (Å²) >= 11 is 0. The number of carbonyl (C=O) groups excluding carboxylic acids is 1. The number of para-hydroxylation sites is 3. The van der Waals surface area contributed by atoms with E-state index in [4.69, 9.17) is 9.72 Å². The molecular weight excluding hydrogens is 410 g/mol. The summed E-state index contributed by atoms with van der Waals surface area (Å²) in [6, 6.07) is 16.5. The van der Waals surface area contributed by atoms with E-state index in [1.165, 1.54) is 11.1 Å². The van der Waals surface area contributed by atoms with Gasteiger partial charge in [0, 0.05) is 24.9 Å². The fraction of sp³-hybridized carbons (Fsp3) is 0.429. The average Bonchev–Trinajstić information content (AvgIpc) is 3.14. The number of hydrogen-bond donors (Lipinski definition) is 1. The number of hydrogen-bond acceptors (Lipinski definition) is 3. The molecule has 0 aliphatic carbocycles. The third-order valence-corrected chi connectivity index (χ3v) is 5.65. The molecule has 1 amide bonds. The van der Waals surface area contributed by atoms with Crippen molar-refractivity contribution in [3.05, 3.63) is 72.6 Å². The summed E-state index contributed by atoms with van der Waals surface area (Å²) in [6.07, 6.45) is 6.41. The molecule has 176 valence electrons. The van der Waals surface area contributed by atoms with Gasteiger partial charge in [0.15, 0.2) is 0 Å². The van der Waals surface area contributed by atoms with Crippen LogP contribution in [-0.4, -0.2) is 28.6 Å². The molecule has 3 rings (SSSR count). The Morgan fingerprint density at radius 3 is 2.64 bits per heavy atom. The monoisotopic (exact) mass is 447 g/mol. The molecule has 1 aromatic heterocycles. The number of nitrogens with one attached hydrogen (secondary N) is 1. The number of aryl methyl sites for hydroxylation is 2. The highest BCUT2D eigenvalue weighted by molar-refractivity contribution is 5.81. The van der Waals surface area contributed by atoms with Crippen molar-refractivity contribution < 1.29 is 9.53 Å². The van der Waals surface area contributed by atoms with Crippen molar-refractivity contribution in [2.45, 2.75) is 59.4 Å². The van der Waals surface area contributed by atoms with E-state index in [2.05, 4.69) is 40.7 Å². The van der Waals surface area contributed by atoms with Gasteiger partial charge in [-0.1, -0.05) is 57.2 Å². The van der Waals surface area contributed by atoms with E-state index in [1.807, 2.05) is 51.1 Å². The normalized spacial score (nSPS) is 11.5. The van der Waals surface area contributed by atoms with Gasteiger partial charge in [0.2, 0.25) is 5.91 Å². The molecule has 0 spiro atoms. The van der Waals surface area contributed by atoms with Crippen molar-refractivity contribution in [3.8, 4) is 5.75 Å². The van der Waals surface area contributed by atoms with E-state index < -0.39 is 0 Å². The molecule has 0 fully saturated rings. The third-order valence-electron chi connectivity index (χ3n) is 5.65. The van der Waals surface area contributed by atoms with Crippen LogP contribution in [0.15, 0.2) is 61.2 Å².